The molecule has 0 unspecified atom stereocenters. The molecule has 0 saturated heterocycles. The molecule has 0 aliphatic carbocycles. The third-order valence-electron chi connectivity index (χ3n) is 1.87. The van der Waals surface area contributed by atoms with Crippen LogP contribution in [0.1, 0.15) is 22.2 Å². The van der Waals surface area contributed by atoms with Gasteiger partial charge >= 0.3 is 0 Å². The number of pyridine rings is 1. The zero-order chi connectivity index (χ0) is 11.4. The van der Waals surface area contributed by atoms with Crippen molar-refractivity contribution in [2.24, 2.45) is 0 Å². The number of nitrogens with one attached hydrogen (secondary N) is 1. The highest BCUT2D eigenvalue weighted by molar-refractivity contribution is 5.91. The molecule has 2 heterocycles. The maximum Gasteiger partial charge on any atom is 0.270 e. The van der Waals surface area contributed by atoms with E-state index in [4.69, 9.17) is 4.52 Å². The molecule has 0 spiro atoms. The van der Waals surface area contributed by atoms with Gasteiger partial charge in [0.15, 0.2) is 5.82 Å². The van der Waals surface area contributed by atoms with Crippen molar-refractivity contribution >= 4 is 5.91 Å². The van der Waals surface area contributed by atoms with Crippen LogP contribution in [0.15, 0.2) is 28.9 Å². The zero-order valence-corrected chi connectivity index (χ0v) is 8.67. The van der Waals surface area contributed by atoms with Crippen LogP contribution in [0.4, 0.5) is 0 Å². The van der Waals surface area contributed by atoms with E-state index in [1.54, 1.807) is 31.3 Å². The molecule has 0 fully saturated rings. The van der Waals surface area contributed by atoms with Crippen LogP contribution in [0, 0.1) is 6.92 Å². The summed E-state index contributed by atoms with van der Waals surface area (Å²) >= 11 is 0. The summed E-state index contributed by atoms with van der Waals surface area (Å²) in [5, 5.41) is 6.25. The molecule has 16 heavy (non-hydrogen) atoms. The Labute approximate surface area is 91.7 Å². The summed E-state index contributed by atoms with van der Waals surface area (Å²) in [7, 11) is 0. The van der Waals surface area contributed by atoms with Gasteiger partial charge in [0.1, 0.15) is 5.69 Å². The lowest BCUT2D eigenvalue weighted by Crippen LogP contribution is -2.23. The average Bonchev–Trinajstić information content (AvgIpc) is 2.73. The fourth-order valence-electron chi connectivity index (χ4n) is 1.16. The summed E-state index contributed by atoms with van der Waals surface area (Å²) in [5.74, 6) is 0.653. The maximum atomic E-state index is 11.6. The van der Waals surface area contributed by atoms with Gasteiger partial charge in [-0.3, -0.25) is 9.78 Å². The Bertz CT molecular complexity index is 481. The van der Waals surface area contributed by atoms with E-state index in [0.717, 1.165) is 0 Å². The van der Waals surface area contributed by atoms with E-state index in [9.17, 15) is 4.79 Å². The summed E-state index contributed by atoms with van der Waals surface area (Å²) in [6.07, 6.45) is 1.56. The predicted octanol–water partition coefficient (Wildman–Crippen LogP) is 0.703. The molecule has 6 nitrogen and oxygen atoms in total. The molecule has 0 saturated carbocycles. The van der Waals surface area contributed by atoms with Crippen LogP contribution in [0.3, 0.4) is 0 Å². The number of nitrogens with zero attached hydrogens (tertiary/aromatic N) is 3. The lowest BCUT2D eigenvalue weighted by Gasteiger charge is -2.00. The normalized spacial score (nSPS) is 10.1. The van der Waals surface area contributed by atoms with Gasteiger partial charge in [0, 0.05) is 6.20 Å². The Hall–Kier alpha value is -2.24. The highest BCUT2D eigenvalue weighted by atomic mass is 16.5. The quantitative estimate of drug-likeness (QED) is 0.820. The summed E-state index contributed by atoms with van der Waals surface area (Å²) in [4.78, 5) is 19.4. The molecule has 2 rings (SSSR count). The third-order valence-corrected chi connectivity index (χ3v) is 1.87. The second-order valence-electron chi connectivity index (χ2n) is 3.13. The first-order valence-corrected chi connectivity index (χ1v) is 4.74. The van der Waals surface area contributed by atoms with Gasteiger partial charge in [-0.15, -0.1) is 0 Å². The SMILES string of the molecule is Cc1noc(CNC(=O)c2ccccn2)n1. The van der Waals surface area contributed by atoms with Gasteiger partial charge in [-0.2, -0.15) is 4.98 Å². The smallest absolute Gasteiger partial charge is 0.270 e. The molecule has 0 aliphatic heterocycles. The standard InChI is InChI=1S/C10H10N4O2/c1-7-13-9(16-14-7)6-12-10(15)8-4-2-3-5-11-8/h2-5H,6H2,1H3,(H,12,15). The van der Waals surface area contributed by atoms with E-state index < -0.39 is 0 Å². The number of amides is 1. The number of hydrogen-bond acceptors (Lipinski definition) is 5. The van der Waals surface area contributed by atoms with Gasteiger partial charge in [0.25, 0.3) is 5.91 Å². The number of carbonyl (C=O) groups is 1. The van der Waals surface area contributed by atoms with E-state index in [0.29, 0.717) is 17.4 Å². The molecule has 2 aromatic rings. The Morgan fingerprint density at radius 2 is 2.38 bits per heavy atom. The zero-order valence-electron chi connectivity index (χ0n) is 8.67. The minimum atomic E-state index is -0.267. The van der Waals surface area contributed by atoms with Gasteiger partial charge < -0.3 is 9.84 Å². The molecule has 0 aliphatic rings. The predicted molar refractivity (Wildman–Crippen MR) is 54.4 cm³/mol. The van der Waals surface area contributed by atoms with Gasteiger partial charge in [-0.25, -0.2) is 0 Å². The van der Waals surface area contributed by atoms with E-state index >= 15 is 0 Å². The van der Waals surface area contributed by atoms with Crippen LogP contribution < -0.4 is 5.32 Å². The fourth-order valence-corrected chi connectivity index (χ4v) is 1.16. The highest BCUT2D eigenvalue weighted by Crippen LogP contribution is 1.97. The Kier molecular flexibility index (Phi) is 2.90. The van der Waals surface area contributed by atoms with Gasteiger partial charge in [-0.1, -0.05) is 11.2 Å². The first-order valence-electron chi connectivity index (χ1n) is 4.74. The Morgan fingerprint density at radius 1 is 1.50 bits per heavy atom. The minimum Gasteiger partial charge on any atom is -0.342 e. The lowest BCUT2D eigenvalue weighted by molar-refractivity contribution is 0.0941. The summed E-state index contributed by atoms with van der Waals surface area (Å²) in [6, 6.07) is 5.13. The van der Waals surface area contributed by atoms with Crippen molar-refractivity contribution in [1.82, 2.24) is 20.4 Å². The second kappa shape index (κ2) is 4.52. The molecule has 0 bridgehead atoms. The van der Waals surface area contributed by atoms with Crippen molar-refractivity contribution < 1.29 is 9.32 Å². The topological polar surface area (TPSA) is 80.9 Å². The van der Waals surface area contributed by atoms with Gasteiger partial charge in [-0.05, 0) is 19.1 Å². The first kappa shape index (κ1) is 10.3. The number of rotatable bonds is 3. The second-order valence-corrected chi connectivity index (χ2v) is 3.13. The molecule has 1 N–H and O–H groups in total. The number of aryl methyl sites for hydroxylation is 1. The van der Waals surface area contributed by atoms with Crippen molar-refractivity contribution in [2.45, 2.75) is 13.5 Å². The average molecular weight is 218 g/mol. The molecular weight excluding hydrogens is 208 g/mol. The monoisotopic (exact) mass is 218 g/mol. The summed E-state index contributed by atoms with van der Waals surface area (Å²) in [5.41, 5.74) is 0.360. The van der Waals surface area contributed by atoms with Gasteiger partial charge in [0.2, 0.25) is 5.89 Å². The molecule has 0 atom stereocenters. The minimum absolute atomic E-state index is 0.205. The van der Waals surface area contributed by atoms with E-state index in [-0.39, 0.29) is 12.5 Å². The molecule has 1 amide bonds. The number of hydrogen-bond donors (Lipinski definition) is 1. The third kappa shape index (κ3) is 2.41. The molecule has 6 heteroatoms. The number of aromatic nitrogens is 3. The molecule has 2 aromatic heterocycles. The van der Waals surface area contributed by atoms with Crippen molar-refractivity contribution in [3.63, 3.8) is 0 Å². The van der Waals surface area contributed by atoms with Crippen LogP contribution >= 0.6 is 0 Å². The van der Waals surface area contributed by atoms with E-state index in [1.165, 1.54) is 0 Å². The molecule has 0 radical (unpaired) electrons. The Balaban J connectivity index is 1.94. The molecule has 82 valence electrons. The lowest BCUT2D eigenvalue weighted by atomic mass is 10.3. The van der Waals surface area contributed by atoms with E-state index in [2.05, 4.69) is 20.4 Å². The van der Waals surface area contributed by atoms with Crippen LogP contribution in [0.5, 0.6) is 0 Å². The first-order chi connectivity index (χ1) is 7.75. The maximum absolute atomic E-state index is 11.6. The van der Waals surface area contributed by atoms with Crippen LogP contribution in [0.25, 0.3) is 0 Å². The van der Waals surface area contributed by atoms with Crippen molar-refractivity contribution in [1.29, 1.82) is 0 Å². The van der Waals surface area contributed by atoms with Crippen LogP contribution in [-0.2, 0) is 6.54 Å². The van der Waals surface area contributed by atoms with Crippen molar-refractivity contribution in [3.05, 3.63) is 41.8 Å². The van der Waals surface area contributed by atoms with E-state index in [1.807, 2.05) is 0 Å². The Morgan fingerprint density at radius 3 is 3.00 bits per heavy atom. The van der Waals surface area contributed by atoms with Crippen LogP contribution in [0.2, 0.25) is 0 Å². The van der Waals surface area contributed by atoms with Crippen molar-refractivity contribution in [3.8, 4) is 0 Å². The largest absolute Gasteiger partial charge is 0.342 e. The summed E-state index contributed by atoms with van der Waals surface area (Å²) < 4.78 is 4.85. The van der Waals surface area contributed by atoms with Gasteiger partial charge in [0.05, 0.1) is 6.54 Å². The van der Waals surface area contributed by atoms with Crippen LogP contribution in [-0.4, -0.2) is 21.0 Å². The summed E-state index contributed by atoms with van der Waals surface area (Å²) in [6.45, 7) is 1.92. The fraction of sp³-hybridized carbons (Fsp3) is 0.200. The van der Waals surface area contributed by atoms with Crippen molar-refractivity contribution in [2.75, 3.05) is 0 Å². The molecule has 0 aromatic carbocycles. The highest BCUT2D eigenvalue weighted by Gasteiger charge is 2.08. The molecular formula is C10H10N4O2. The number of carbonyl (C=O) groups excluding carboxylic acids is 1.